The third-order valence-corrected chi connectivity index (χ3v) is 2.05. The van der Waals surface area contributed by atoms with E-state index in [-0.39, 0.29) is 5.91 Å². The molecular weight excluding hydrogens is 166 g/mol. The maximum atomic E-state index is 11.5. The molecule has 0 spiro atoms. The van der Waals surface area contributed by atoms with E-state index in [1.54, 1.807) is 4.90 Å². The lowest BCUT2D eigenvalue weighted by Crippen LogP contribution is -2.34. The van der Waals surface area contributed by atoms with Crippen molar-refractivity contribution in [2.24, 2.45) is 10.7 Å². The number of likely N-dealkylation sites (N-methyl/N-ethyl adjacent to an activating group) is 1. The molecule has 0 bridgehead atoms. The van der Waals surface area contributed by atoms with Crippen molar-refractivity contribution in [1.82, 2.24) is 4.90 Å². The summed E-state index contributed by atoms with van der Waals surface area (Å²) in [6.45, 7) is 4.94. The molecule has 1 aliphatic rings. The highest BCUT2D eigenvalue weighted by Crippen LogP contribution is 2.10. The van der Waals surface area contributed by atoms with Crippen LogP contribution in [0.3, 0.4) is 0 Å². The number of aliphatic imine (C=N–C) groups is 1. The number of carbonyl (C=O) groups is 1. The Bertz CT molecular complexity index is 268. The first-order chi connectivity index (χ1) is 6.20. The van der Waals surface area contributed by atoms with Crippen LogP contribution < -0.4 is 5.73 Å². The Kier molecular flexibility index (Phi) is 3.06. The third kappa shape index (κ3) is 1.88. The number of hydrogen-bond donors (Lipinski definition) is 1. The van der Waals surface area contributed by atoms with Gasteiger partial charge in [-0.2, -0.15) is 0 Å². The molecule has 72 valence electrons. The van der Waals surface area contributed by atoms with Gasteiger partial charge in [0.15, 0.2) is 0 Å². The van der Waals surface area contributed by atoms with Gasteiger partial charge in [0.1, 0.15) is 5.84 Å². The minimum atomic E-state index is 0.0970. The summed E-state index contributed by atoms with van der Waals surface area (Å²) < 4.78 is 0. The van der Waals surface area contributed by atoms with Gasteiger partial charge in [0.25, 0.3) is 0 Å². The van der Waals surface area contributed by atoms with Crippen LogP contribution in [0, 0.1) is 0 Å². The second-order valence-corrected chi connectivity index (χ2v) is 2.83. The molecule has 0 saturated heterocycles. The van der Waals surface area contributed by atoms with E-state index in [4.69, 9.17) is 5.73 Å². The fourth-order valence-corrected chi connectivity index (χ4v) is 1.41. The summed E-state index contributed by atoms with van der Waals surface area (Å²) in [7, 11) is 0. The zero-order valence-corrected chi connectivity index (χ0v) is 8.08. The SMILES string of the molecule is C/C=C1\C(N)=NCCC(=O)N1CC. The van der Waals surface area contributed by atoms with Gasteiger partial charge in [0, 0.05) is 13.0 Å². The molecule has 0 unspecified atom stereocenters. The highest BCUT2D eigenvalue weighted by molar-refractivity contribution is 6.01. The summed E-state index contributed by atoms with van der Waals surface area (Å²) in [5, 5.41) is 0. The maximum Gasteiger partial charge on any atom is 0.228 e. The highest BCUT2D eigenvalue weighted by atomic mass is 16.2. The number of nitrogens with zero attached hydrogens (tertiary/aromatic N) is 2. The van der Waals surface area contributed by atoms with E-state index in [2.05, 4.69) is 4.99 Å². The molecule has 1 aliphatic heterocycles. The standard InChI is InChI=1S/C9H15N3O/c1-3-7-9(10)11-6-5-8(13)12(7)4-2/h3H,4-6H2,1-2H3,(H2,10,11)/b7-3+. The van der Waals surface area contributed by atoms with Crippen molar-refractivity contribution in [3.63, 3.8) is 0 Å². The Balaban J connectivity index is 3.00. The van der Waals surface area contributed by atoms with E-state index in [0.717, 1.165) is 5.70 Å². The Morgan fingerprint density at radius 1 is 1.69 bits per heavy atom. The second-order valence-electron chi connectivity index (χ2n) is 2.83. The maximum absolute atomic E-state index is 11.5. The molecule has 0 aromatic carbocycles. The number of amides is 1. The summed E-state index contributed by atoms with van der Waals surface area (Å²) in [4.78, 5) is 17.3. The largest absolute Gasteiger partial charge is 0.382 e. The minimum Gasteiger partial charge on any atom is -0.382 e. The van der Waals surface area contributed by atoms with Crippen LogP contribution in [0.15, 0.2) is 16.8 Å². The van der Waals surface area contributed by atoms with Crippen molar-refractivity contribution in [2.45, 2.75) is 20.3 Å². The lowest BCUT2D eigenvalue weighted by molar-refractivity contribution is -0.128. The quantitative estimate of drug-likeness (QED) is 0.640. The lowest BCUT2D eigenvalue weighted by atomic mass is 10.3. The summed E-state index contributed by atoms with van der Waals surface area (Å²) >= 11 is 0. The summed E-state index contributed by atoms with van der Waals surface area (Å²) in [5.41, 5.74) is 6.45. The van der Waals surface area contributed by atoms with Crippen LogP contribution >= 0.6 is 0 Å². The van der Waals surface area contributed by atoms with Gasteiger partial charge in [0.05, 0.1) is 12.2 Å². The van der Waals surface area contributed by atoms with Gasteiger partial charge in [-0.1, -0.05) is 6.08 Å². The molecule has 0 atom stereocenters. The summed E-state index contributed by atoms with van der Waals surface area (Å²) in [5.74, 6) is 0.565. The Morgan fingerprint density at radius 3 is 2.92 bits per heavy atom. The topological polar surface area (TPSA) is 58.7 Å². The summed E-state index contributed by atoms with van der Waals surface area (Å²) in [6.07, 6.45) is 2.28. The molecule has 0 radical (unpaired) electrons. The van der Waals surface area contributed by atoms with E-state index in [0.29, 0.717) is 25.3 Å². The van der Waals surface area contributed by atoms with Gasteiger partial charge >= 0.3 is 0 Å². The molecule has 4 heteroatoms. The van der Waals surface area contributed by atoms with E-state index >= 15 is 0 Å². The van der Waals surface area contributed by atoms with E-state index in [1.807, 2.05) is 19.9 Å². The smallest absolute Gasteiger partial charge is 0.228 e. The zero-order valence-electron chi connectivity index (χ0n) is 8.08. The van der Waals surface area contributed by atoms with Gasteiger partial charge < -0.3 is 10.6 Å². The first-order valence-corrected chi connectivity index (χ1v) is 4.47. The molecule has 2 N–H and O–H groups in total. The Labute approximate surface area is 78.1 Å². The molecule has 4 nitrogen and oxygen atoms in total. The fourth-order valence-electron chi connectivity index (χ4n) is 1.41. The first-order valence-electron chi connectivity index (χ1n) is 4.47. The second kappa shape index (κ2) is 4.07. The predicted molar refractivity (Wildman–Crippen MR) is 52.3 cm³/mol. The minimum absolute atomic E-state index is 0.0970. The molecule has 1 heterocycles. The molecular formula is C9H15N3O. The first kappa shape index (κ1) is 9.77. The van der Waals surface area contributed by atoms with Crippen LogP contribution in [0.1, 0.15) is 20.3 Å². The number of nitrogens with two attached hydrogens (primary N) is 1. The average Bonchev–Trinajstić information content (AvgIpc) is 2.25. The monoisotopic (exact) mass is 181 g/mol. The Morgan fingerprint density at radius 2 is 2.38 bits per heavy atom. The van der Waals surface area contributed by atoms with Crippen molar-refractivity contribution in [3.05, 3.63) is 11.8 Å². The number of hydrogen-bond acceptors (Lipinski definition) is 3. The molecule has 0 aromatic rings. The summed E-state index contributed by atoms with van der Waals surface area (Å²) in [6, 6.07) is 0. The Hall–Kier alpha value is -1.32. The van der Waals surface area contributed by atoms with Crippen LogP contribution in [-0.2, 0) is 4.79 Å². The molecule has 1 rings (SSSR count). The van der Waals surface area contributed by atoms with Crippen molar-refractivity contribution < 1.29 is 4.79 Å². The molecule has 1 amide bonds. The van der Waals surface area contributed by atoms with Crippen LogP contribution in [0.4, 0.5) is 0 Å². The van der Waals surface area contributed by atoms with Gasteiger partial charge in [-0.25, -0.2) is 0 Å². The van der Waals surface area contributed by atoms with Gasteiger partial charge in [-0.15, -0.1) is 0 Å². The molecule has 0 aromatic heterocycles. The van der Waals surface area contributed by atoms with Crippen LogP contribution in [0.2, 0.25) is 0 Å². The van der Waals surface area contributed by atoms with Gasteiger partial charge in [-0.05, 0) is 13.8 Å². The van der Waals surface area contributed by atoms with Crippen LogP contribution in [0.25, 0.3) is 0 Å². The van der Waals surface area contributed by atoms with Crippen molar-refractivity contribution in [2.75, 3.05) is 13.1 Å². The number of carbonyl (C=O) groups excluding carboxylic acids is 1. The highest BCUT2D eigenvalue weighted by Gasteiger charge is 2.20. The number of amidine groups is 1. The fraction of sp³-hybridized carbons (Fsp3) is 0.556. The van der Waals surface area contributed by atoms with Crippen molar-refractivity contribution >= 4 is 11.7 Å². The van der Waals surface area contributed by atoms with Gasteiger partial charge in [-0.3, -0.25) is 9.79 Å². The lowest BCUT2D eigenvalue weighted by Gasteiger charge is -2.20. The van der Waals surface area contributed by atoms with E-state index < -0.39 is 0 Å². The number of allylic oxidation sites excluding steroid dienone is 1. The van der Waals surface area contributed by atoms with E-state index in [1.165, 1.54) is 0 Å². The van der Waals surface area contributed by atoms with E-state index in [9.17, 15) is 4.79 Å². The molecule has 13 heavy (non-hydrogen) atoms. The van der Waals surface area contributed by atoms with Crippen molar-refractivity contribution in [1.29, 1.82) is 0 Å². The normalized spacial score (nSPS) is 21.7. The molecule has 0 saturated carbocycles. The predicted octanol–water partition coefficient (Wildman–Crippen LogP) is 0.500. The van der Waals surface area contributed by atoms with Crippen molar-refractivity contribution in [3.8, 4) is 0 Å². The van der Waals surface area contributed by atoms with Crippen LogP contribution in [-0.4, -0.2) is 29.7 Å². The number of rotatable bonds is 1. The van der Waals surface area contributed by atoms with Gasteiger partial charge in [0.2, 0.25) is 5.91 Å². The molecule has 0 fully saturated rings. The third-order valence-electron chi connectivity index (χ3n) is 2.05. The average molecular weight is 181 g/mol. The molecule has 0 aliphatic carbocycles. The zero-order chi connectivity index (χ0) is 9.84. The van der Waals surface area contributed by atoms with Crippen LogP contribution in [0.5, 0.6) is 0 Å².